The highest BCUT2D eigenvalue weighted by Gasteiger charge is 2.15. The minimum atomic E-state index is -0.251. The van der Waals surface area contributed by atoms with Crippen LogP contribution in [0.15, 0.2) is 46.0 Å². The van der Waals surface area contributed by atoms with Gasteiger partial charge < -0.3 is 19.2 Å². The Morgan fingerprint density at radius 1 is 1.10 bits per heavy atom. The zero-order chi connectivity index (χ0) is 21.5. The molecule has 1 aromatic heterocycles. The molecule has 0 bridgehead atoms. The number of anilines is 1. The molecule has 3 aromatic rings. The molecule has 0 unspecified atom stereocenters. The van der Waals surface area contributed by atoms with Gasteiger partial charge in [-0.15, -0.1) is 10.2 Å². The van der Waals surface area contributed by atoms with Crippen LogP contribution in [0.5, 0.6) is 11.5 Å². The standard InChI is InChI=1S/C20H19Cl2N3O4S/c1-3-27-13-6-8-17(28-4-2)16(10-13)23-18(26)11-30-20-25-24-19(29-20)14-7-5-12(21)9-15(14)22/h5-10H,3-4,11H2,1-2H3,(H,23,26). The summed E-state index contributed by atoms with van der Waals surface area (Å²) in [6, 6.07) is 10.2. The van der Waals surface area contributed by atoms with Crippen molar-refractivity contribution >= 4 is 46.6 Å². The van der Waals surface area contributed by atoms with Gasteiger partial charge in [-0.1, -0.05) is 35.0 Å². The number of rotatable bonds is 9. The lowest BCUT2D eigenvalue weighted by molar-refractivity contribution is -0.113. The van der Waals surface area contributed by atoms with E-state index in [1.807, 2.05) is 13.8 Å². The summed E-state index contributed by atoms with van der Waals surface area (Å²) in [6.07, 6.45) is 0. The van der Waals surface area contributed by atoms with E-state index in [2.05, 4.69) is 15.5 Å². The molecule has 0 aliphatic rings. The van der Waals surface area contributed by atoms with Crippen molar-refractivity contribution in [2.45, 2.75) is 19.1 Å². The molecular formula is C20H19Cl2N3O4S. The fraction of sp³-hybridized carbons (Fsp3) is 0.250. The Morgan fingerprint density at radius 3 is 2.63 bits per heavy atom. The Bertz CT molecular complexity index is 1030. The summed E-state index contributed by atoms with van der Waals surface area (Å²) in [4.78, 5) is 12.4. The molecule has 10 heteroatoms. The first-order valence-corrected chi connectivity index (χ1v) is 10.9. The highest BCUT2D eigenvalue weighted by Crippen LogP contribution is 2.32. The summed E-state index contributed by atoms with van der Waals surface area (Å²) in [5, 5.41) is 11.9. The van der Waals surface area contributed by atoms with Crippen LogP contribution in [-0.4, -0.2) is 35.1 Å². The van der Waals surface area contributed by atoms with Crippen molar-refractivity contribution in [2.75, 3.05) is 24.3 Å². The van der Waals surface area contributed by atoms with Crippen molar-refractivity contribution in [1.82, 2.24) is 10.2 Å². The van der Waals surface area contributed by atoms with Gasteiger partial charge >= 0.3 is 0 Å². The van der Waals surface area contributed by atoms with Crippen molar-refractivity contribution < 1.29 is 18.7 Å². The predicted molar refractivity (Wildman–Crippen MR) is 118 cm³/mol. The number of carbonyl (C=O) groups is 1. The summed E-state index contributed by atoms with van der Waals surface area (Å²) in [6.45, 7) is 4.76. The van der Waals surface area contributed by atoms with E-state index in [4.69, 9.17) is 37.1 Å². The van der Waals surface area contributed by atoms with Crippen molar-refractivity contribution in [2.24, 2.45) is 0 Å². The molecule has 1 heterocycles. The molecule has 0 radical (unpaired) electrons. The van der Waals surface area contributed by atoms with Gasteiger partial charge in [0.25, 0.3) is 5.22 Å². The molecule has 158 valence electrons. The van der Waals surface area contributed by atoms with Crippen molar-refractivity contribution in [3.8, 4) is 23.0 Å². The van der Waals surface area contributed by atoms with Crippen LogP contribution in [0.1, 0.15) is 13.8 Å². The molecule has 30 heavy (non-hydrogen) atoms. The molecule has 1 amide bonds. The minimum Gasteiger partial charge on any atom is -0.494 e. The summed E-state index contributed by atoms with van der Waals surface area (Å²) in [7, 11) is 0. The number of ether oxygens (including phenoxy) is 2. The number of nitrogens with zero attached hydrogens (tertiary/aromatic N) is 2. The molecule has 0 atom stereocenters. The van der Waals surface area contributed by atoms with Gasteiger partial charge in [0.1, 0.15) is 11.5 Å². The number of aromatic nitrogens is 2. The quantitative estimate of drug-likeness (QED) is 0.411. The van der Waals surface area contributed by atoms with Crippen LogP contribution in [0.2, 0.25) is 10.0 Å². The molecule has 0 saturated heterocycles. The Morgan fingerprint density at radius 2 is 1.90 bits per heavy atom. The van der Waals surface area contributed by atoms with Gasteiger partial charge in [-0.3, -0.25) is 4.79 Å². The number of hydrogen-bond donors (Lipinski definition) is 1. The van der Waals surface area contributed by atoms with Crippen LogP contribution in [0.25, 0.3) is 11.5 Å². The maximum absolute atomic E-state index is 12.4. The number of thioether (sulfide) groups is 1. The lowest BCUT2D eigenvalue weighted by Crippen LogP contribution is -2.15. The third-order valence-electron chi connectivity index (χ3n) is 3.73. The monoisotopic (exact) mass is 467 g/mol. The molecule has 0 aliphatic carbocycles. The van der Waals surface area contributed by atoms with Gasteiger partial charge in [-0.2, -0.15) is 0 Å². The number of halogens is 2. The van der Waals surface area contributed by atoms with E-state index in [-0.39, 0.29) is 22.8 Å². The lowest BCUT2D eigenvalue weighted by atomic mass is 10.2. The smallest absolute Gasteiger partial charge is 0.277 e. The molecule has 0 saturated carbocycles. The number of hydrogen-bond acceptors (Lipinski definition) is 7. The second kappa shape index (κ2) is 10.6. The molecule has 0 aliphatic heterocycles. The molecule has 0 spiro atoms. The van der Waals surface area contributed by atoms with E-state index in [0.717, 1.165) is 11.8 Å². The van der Waals surface area contributed by atoms with Crippen molar-refractivity contribution in [3.05, 3.63) is 46.4 Å². The summed E-state index contributed by atoms with van der Waals surface area (Å²) >= 11 is 13.2. The van der Waals surface area contributed by atoms with Crippen LogP contribution in [0.4, 0.5) is 5.69 Å². The fourth-order valence-electron chi connectivity index (χ4n) is 2.50. The number of benzene rings is 2. The molecular weight excluding hydrogens is 449 g/mol. The van der Waals surface area contributed by atoms with Crippen LogP contribution in [0.3, 0.4) is 0 Å². The largest absolute Gasteiger partial charge is 0.494 e. The van der Waals surface area contributed by atoms with Gasteiger partial charge in [0.15, 0.2) is 0 Å². The van der Waals surface area contributed by atoms with Gasteiger partial charge in [0.2, 0.25) is 11.8 Å². The van der Waals surface area contributed by atoms with Crippen LogP contribution >= 0.6 is 35.0 Å². The first kappa shape index (κ1) is 22.3. The maximum atomic E-state index is 12.4. The van der Waals surface area contributed by atoms with E-state index in [1.165, 1.54) is 0 Å². The van der Waals surface area contributed by atoms with Gasteiger partial charge in [0.05, 0.1) is 35.2 Å². The van der Waals surface area contributed by atoms with E-state index >= 15 is 0 Å². The van der Waals surface area contributed by atoms with E-state index in [9.17, 15) is 4.79 Å². The topological polar surface area (TPSA) is 86.5 Å². The highest BCUT2D eigenvalue weighted by molar-refractivity contribution is 7.99. The summed E-state index contributed by atoms with van der Waals surface area (Å²) in [5.41, 5.74) is 1.10. The maximum Gasteiger partial charge on any atom is 0.277 e. The molecule has 3 rings (SSSR count). The van der Waals surface area contributed by atoms with Crippen LogP contribution in [-0.2, 0) is 4.79 Å². The van der Waals surface area contributed by atoms with Crippen LogP contribution in [0, 0.1) is 0 Å². The highest BCUT2D eigenvalue weighted by atomic mass is 35.5. The molecule has 1 N–H and O–H groups in total. The van der Waals surface area contributed by atoms with Gasteiger partial charge in [-0.25, -0.2) is 0 Å². The van der Waals surface area contributed by atoms with Crippen molar-refractivity contribution in [1.29, 1.82) is 0 Å². The van der Waals surface area contributed by atoms with E-state index in [1.54, 1.807) is 36.4 Å². The first-order valence-electron chi connectivity index (χ1n) is 9.11. The second-order valence-electron chi connectivity index (χ2n) is 5.86. The minimum absolute atomic E-state index is 0.0699. The van der Waals surface area contributed by atoms with Gasteiger partial charge in [-0.05, 0) is 44.2 Å². The van der Waals surface area contributed by atoms with E-state index < -0.39 is 0 Å². The Kier molecular flexibility index (Phi) is 7.84. The SMILES string of the molecule is CCOc1ccc(OCC)c(NC(=O)CSc2nnc(-c3ccc(Cl)cc3Cl)o2)c1. The number of amides is 1. The predicted octanol–water partition coefficient (Wildman–Crippen LogP) is 5.57. The van der Waals surface area contributed by atoms with Gasteiger partial charge in [0, 0.05) is 11.1 Å². The van der Waals surface area contributed by atoms with Crippen LogP contribution < -0.4 is 14.8 Å². The average Bonchev–Trinajstić information content (AvgIpc) is 3.17. The second-order valence-corrected chi connectivity index (χ2v) is 7.63. The van der Waals surface area contributed by atoms with Crippen molar-refractivity contribution in [3.63, 3.8) is 0 Å². The Hall–Kier alpha value is -2.42. The number of carbonyl (C=O) groups excluding carboxylic acids is 1. The number of nitrogens with one attached hydrogen (secondary N) is 1. The molecule has 0 fully saturated rings. The van der Waals surface area contributed by atoms with E-state index in [0.29, 0.717) is 46.0 Å². The first-order chi connectivity index (χ1) is 14.5. The third-order valence-corrected chi connectivity index (χ3v) is 5.10. The zero-order valence-corrected chi connectivity index (χ0v) is 18.6. The lowest BCUT2D eigenvalue weighted by Gasteiger charge is -2.13. The average molecular weight is 468 g/mol. The molecule has 7 nitrogen and oxygen atoms in total. The third kappa shape index (κ3) is 5.81. The zero-order valence-electron chi connectivity index (χ0n) is 16.3. The summed E-state index contributed by atoms with van der Waals surface area (Å²) in [5.74, 6) is 1.28. The molecule has 2 aromatic carbocycles. The summed E-state index contributed by atoms with van der Waals surface area (Å²) < 4.78 is 16.6. The normalized spacial score (nSPS) is 10.7. The fourth-order valence-corrected chi connectivity index (χ4v) is 3.55. The Balaban J connectivity index is 1.64. The Labute approximate surface area is 188 Å².